The van der Waals surface area contributed by atoms with E-state index in [0.717, 1.165) is 78.2 Å². The van der Waals surface area contributed by atoms with Gasteiger partial charge in [0.15, 0.2) is 0 Å². The summed E-state index contributed by atoms with van der Waals surface area (Å²) in [4.78, 5) is 17.7. The van der Waals surface area contributed by atoms with Crippen LogP contribution in [0.5, 0.6) is 0 Å². The quantitative estimate of drug-likeness (QED) is 0.175. The molecule has 0 aliphatic carbocycles. The molecular formula is C44H31AuN4. The van der Waals surface area contributed by atoms with Gasteiger partial charge in [0, 0.05) is 38.8 Å². The van der Waals surface area contributed by atoms with Gasteiger partial charge in [-0.1, -0.05) is 91.0 Å². The zero-order valence-electron chi connectivity index (χ0n) is 26.4. The van der Waals surface area contributed by atoms with Crippen LogP contribution in [0.15, 0.2) is 152 Å². The molecule has 2 aliphatic rings. The molecule has 0 saturated heterocycles. The minimum atomic E-state index is 0.900. The van der Waals surface area contributed by atoms with Crippen molar-refractivity contribution in [3.05, 3.63) is 174 Å². The van der Waals surface area contributed by atoms with Crippen molar-refractivity contribution in [1.29, 1.82) is 0 Å². The first kappa shape index (κ1) is 30.5. The van der Waals surface area contributed by atoms with Crippen molar-refractivity contribution in [2.75, 3.05) is 0 Å². The summed E-state index contributed by atoms with van der Waals surface area (Å²) in [7, 11) is 0. The Kier molecular flexibility index (Phi) is 8.57. The van der Waals surface area contributed by atoms with E-state index < -0.39 is 0 Å². The van der Waals surface area contributed by atoms with Crippen molar-refractivity contribution >= 4 is 50.2 Å². The van der Waals surface area contributed by atoms with Crippen LogP contribution in [0.3, 0.4) is 0 Å². The van der Waals surface area contributed by atoms with Gasteiger partial charge < -0.3 is 9.97 Å². The molecular weight excluding hydrogens is 781 g/mol. The zero-order valence-corrected chi connectivity index (χ0v) is 28.6. The summed E-state index contributed by atoms with van der Waals surface area (Å²) in [5, 5.41) is 0. The van der Waals surface area contributed by atoms with Crippen LogP contribution in [-0.2, 0) is 21.1 Å². The molecule has 8 bridgehead atoms. The van der Waals surface area contributed by atoms with E-state index in [-0.39, 0.29) is 0 Å². The average Bonchev–Trinajstić information content (AvgIpc) is 3.98. The monoisotopic (exact) mass is 812 g/mol. The first-order chi connectivity index (χ1) is 24.2. The van der Waals surface area contributed by atoms with E-state index in [9.17, 15) is 0 Å². The molecule has 0 atom stereocenters. The molecule has 4 aromatic carbocycles. The molecule has 0 fully saturated rings. The Morgan fingerprint density at radius 2 is 0.796 bits per heavy atom. The number of H-pyrrole nitrogens is 2. The summed E-state index contributed by atoms with van der Waals surface area (Å²) in [6, 6.07) is 52.2. The molecule has 238 valence electrons. The van der Waals surface area contributed by atoms with Crippen LogP contribution >= 0.6 is 0 Å². The van der Waals surface area contributed by atoms with Crippen LogP contribution in [0.2, 0.25) is 0 Å². The first-order valence-corrected chi connectivity index (χ1v) is 17.2. The Labute approximate surface area is 297 Å². The Hall–Kier alpha value is -5.78. The molecule has 4 nitrogen and oxygen atoms in total. The molecule has 0 spiro atoms. The fraction of sp³-hybridized carbons (Fsp3) is 0. The normalized spacial score (nSPS) is 11.6. The number of benzene rings is 4. The van der Waals surface area contributed by atoms with Gasteiger partial charge in [0.25, 0.3) is 0 Å². The van der Waals surface area contributed by atoms with Crippen LogP contribution < -0.4 is 3.78 Å². The molecule has 2 aliphatic heterocycles. The molecule has 2 N–H and O–H groups in total. The van der Waals surface area contributed by atoms with Gasteiger partial charge in [-0.25, -0.2) is 9.97 Å². The number of hydrogen-bond acceptors (Lipinski definition) is 2. The van der Waals surface area contributed by atoms with Gasteiger partial charge in [-0.3, -0.25) is 0 Å². The molecule has 7 aromatic rings. The van der Waals surface area contributed by atoms with Crippen molar-refractivity contribution in [1.82, 2.24) is 19.9 Å². The van der Waals surface area contributed by atoms with Gasteiger partial charge >= 0.3 is 55.2 Å². The maximum absolute atomic E-state index is 5.27. The standard InChI is InChI=1S/C38H26N4.C6H5.Au/c1-4-10-25(11-5-1)36-30-18-16-28(39-30)24-29-17-19-31(40-29)37(26-12-6-2-7-13-26)33-21-23-35(42-33)38(27-14-8-3-9-15-27)34-22-20-32(36)41-34;1-2-4-6-5-3-1;/h1-24,39,42H;1-5H;. The molecule has 0 radical (unpaired) electrons. The van der Waals surface area contributed by atoms with Crippen LogP contribution in [0.1, 0.15) is 22.8 Å². The van der Waals surface area contributed by atoms with Gasteiger partial charge in [0.05, 0.1) is 22.8 Å². The summed E-state index contributed by atoms with van der Waals surface area (Å²) in [5.41, 5.74) is 14.2. The fourth-order valence-corrected chi connectivity index (χ4v) is 6.68. The molecule has 9 rings (SSSR count). The second-order valence-electron chi connectivity index (χ2n) is 11.7. The van der Waals surface area contributed by atoms with Crippen LogP contribution in [0, 0.1) is 0 Å². The van der Waals surface area contributed by atoms with Gasteiger partial charge in [0.2, 0.25) is 0 Å². The SMILES string of the molecule is C1=Cc2nc1cc1ccc([nH]1)c(-c1ccccc1)c1nc(c(-c3ccccc3)c3ccc([nH]3)c2-c2ccccc2)C=C1.[Au][c]1ccccc1. The predicted octanol–water partition coefficient (Wildman–Crippen LogP) is 10.5. The number of nitrogens with one attached hydrogen (secondary N) is 2. The van der Waals surface area contributed by atoms with Crippen molar-refractivity contribution in [3.63, 3.8) is 0 Å². The Bertz CT molecular complexity index is 2440. The number of fused-ring (bicyclic) bond motifs is 8. The third-order valence-corrected chi connectivity index (χ3v) is 9.19. The van der Waals surface area contributed by atoms with E-state index in [1.54, 1.807) is 0 Å². The van der Waals surface area contributed by atoms with Crippen molar-refractivity contribution < 1.29 is 21.1 Å². The first-order valence-electron chi connectivity index (χ1n) is 16.2. The van der Waals surface area contributed by atoms with Gasteiger partial charge in [-0.05, 0) is 71.3 Å². The summed E-state index contributed by atoms with van der Waals surface area (Å²) in [6.07, 6.45) is 8.43. The molecule has 5 heterocycles. The van der Waals surface area contributed by atoms with E-state index in [1.807, 2.05) is 36.4 Å². The zero-order chi connectivity index (χ0) is 33.0. The Morgan fingerprint density at radius 3 is 1.27 bits per heavy atom. The summed E-state index contributed by atoms with van der Waals surface area (Å²) >= 11 is 2.45. The van der Waals surface area contributed by atoms with Crippen LogP contribution in [0.25, 0.3) is 79.8 Å². The van der Waals surface area contributed by atoms with Crippen molar-refractivity contribution in [2.45, 2.75) is 0 Å². The number of rotatable bonds is 3. The average molecular weight is 813 g/mol. The second-order valence-corrected chi connectivity index (χ2v) is 13.0. The summed E-state index contributed by atoms with van der Waals surface area (Å²) < 4.78 is 1.27. The molecule has 0 saturated carbocycles. The summed E-state index contributed by atoms with van der Waals surface area (Å²) in [5.74, 6) is 0. The van der Waals surface area contributed by atoms with E-state index in [2.05, 4.69) is 171 Å². The van der Waals surface area contributed by atoms with Crippen molar-refractivity contribution in [2.24, 2.45) is 0 Å². The molecule has 0 unspecified atom stereocenters. The van der Waals surface area contributed by atoms with E-state index >= 15 is 0 Å². The minimum absolute atomic E-state index is 0.900. The van der Waals surface area contributed by atoms with E-state index in [0.29, 0.717) is 0 Å². The third kappa shape index (κ3) is 6.54. The number of nitrogens with zero attached hydrogens (tertiary/aromatic N) is 2. The summed E-state index contributed by atoms with van der Waals surface area (Å²) in [6.45, 7) is 0. The Balaban J connectivity index is 0.000000446. The third-order valence-electron chi connectivity index (χ3n) is 8.47. The number of aromatic nitrogens is 4. The number of hydrogen-bond donors (Lipinski definition) is 2. The Morgan fingerprint density at radius 1 is 0.388 bits per heavy atom. The molecule has 5 heteroatoms. The van der Waals surface area contributed by atoms with Crippen LogP contribution in [0.4, 0.5) is 0 Å². The molecule has 49 heavy (non-hydrogen) atoms. The molecule has 0 amide bonds. The predicted molar refractivity (Wildman–Crippen MR) is 201 cm³/mol. The van der Waals surface area contributed by atoms with Gasteiger partial charge in [-0.15, -0.1) is 0 Å². The second kappa shape index (κ2) is 13.8. The van der Waals surface area contributed by atoms with Crippen LogP contribution in [-0.4, -0.2) is 19.9 Å². The van der Waals surface area contributed by atoms with E-state index in [1.165, 1.54) is 3.78 Å². The van der Waals surface area contributed by atoms with E-state index in [4.69, 9.17) is 9.97 Å². The fourth-order valence-electron chi connectivity index (χ4n) is 6.26. The maximum atomic E-state index is 5.27. The van der Waals surface area contributed by atoms with Crippen molar-refractivity contribution in [3.8, 4) is 33.4 Å². The molecule has 3 aromatic heterocycles. The number of aromatic amines is 2. The van der Waals surface area contributed by atoms with Gasteiger partial charge in [-0.2, -0.15) is 0 Å². The van der Waals surface area contributed by atoms with Gasteiger partial charge in [0.1, 0.15) is 0 Å². The topological polar surface area (TPSA) is 57.4 Å².